The molecule has 2 aromatic rings. The number of nitrogens with one attached hydrogen (secondary N) is 2. The van der Waals surface area contributed by atoms with Gasteiger partial charge in [-0.1, -0.05) is 0 Å². The molecule has 2 unspecified atom stereocenters. The topological polar surface area (TPSA) is 94.2 Å². The molecular weight excluding hydrogens is 332 g/mol. The molecule has 1 aromatic heterocycles. The van der Waals surface area contributed by atoms with Gasteiger partial charge in [0.25, 0.3) is 5.91 Å². The number of aromatic amines is 1. The Labute approximate surface area is 151 Å². The number of hydrogen-bond donors (Lipinski definition) is 2. The molecule has 1 saturated heterocycles. The molecular formula is C18H22N6O2. The second-order valence-electron chi connectivity index (χ2n) is 7.02. The van der Waals surface area contributed by atoms with E-state index in [0.717, 1.165) is 23.8 Å². The van der Waals surface area contributed by atoms with E-state index >= 15 is 0 Å². The number of nitrogens with zero attached hydrogens (tertiary/aromatic N) is 4. The average molecular weight is 354 g/mol. The molecule has 0 aliphatic carbocycles. The number of rotatable bonds is 2. The van der Waals surface area contributed by atoms with E-state index in [1.54, 1.807) is 6.07 Å². The van der Waals surface area contributed by atoms with Crippen LogP contribution in [0.15, 0.2) is 18.2 Å². The second kappa shape index (κ2) is 6.12. The number of likely N-dealkylation sites (tertiary alicyclic amines) is 1. The molecule has 8 heteroatoms. The van der Waals surface area contributed by atoms with Gasteiger partial charge in [0.15, 0.2) is 5.82 Å². The highest BCUT2D eigenvalue weighted by atomic mass is 16.2. The van der Waals surface area contributed by atoms with Crippen molar-refractivity contribution in [3.63, 3.8) is 0 Å². The van der Waals surface area contributed by atoms with Crippen molar-refractivity contribution >= 4 is 23.2 Å². The first-order valence-corrected chi connectivity index (χ1v) is 8.80. The first kappa shape index (κ1) is 16.6. The highest BCUT2D eigenvalue weighted by molar-refractivity contribution is 6.05. The zero-order chi connectivity index (χ0) is 18.4. The lowest BCUT2D eigenvalue weighted by molar-refractivity contribution is -0.117. The molecule has 8 nitrogen and oxygen atoms in total. The third kappa shape index (κ3) is 2.71. The summed E-state index contributed by atoms with van der Waals surface area (Å²) in [4.78, 5) is 33.1. The van der Waals surface area contributed by atoms with E-state index in [9.17, 15) is 9.59 Å². The van der Waals surface area contributed by atoms with Crippen LogP contribution >= 0.6 is 0 Å². The number of carbonyl (C=O) groups is 2. The minimum atomic E-state index is -0.229. The predicted octanol–water partition coefficient (Wildman–Crippen LogP) is 1.52. The first-order valence-electron chi connectivity index (χ1n) is 8.80. The Kier molecular flexibility index (Phi) is 3.90. The summed E-state index contributed by atoms with van der Waals surface area (Å²) in [6, 6.07) is 5.26. The molecule has 0 saturated carbocycles. The number of benzene rings is 1. The van der Waals surface area contributed by atoms with Gasteiger partial charge in [-0.3, -0.25) is 14.7 Å². The van der Waals surface area contributed by atoms with Gasteiger partial charge in [0.1, 0.15) is 11.9 Å². The number of amides is 2. The zero-order valence-electron chi connectivity index (χ0n) is 15.1. The van der Waals surface area contributed by atoms with Crippen molar-refractivity contribution in [3.8, 4) is 0 Å². The fraction of sp³-hybridized carbons (Fsp3) is 0.444. The lowest BCUT2D eigenvalue weighted by Crippen LogP contribution is -2.44. The van der Waals surface area contributed by atoms with E-state index < -0.39 is 0 Å². The van der Waals surface area contributed by atoms with Gasteiger partial charge in [-0.15, -0.1) is 0 Å². The van der Waals surface area contributed by atoms with Gasteiger partial charge in [0.05, 0.1) is 11.4 Å². The largest absolute Gasteiger partial charge is 0.361 e. The molecule has 136 valence electrons. The number of fused-ring (bicyclic) bond motifs is 1. The van der Waals surface area contributed by atoms with Crippen molar-refractivity contribution in [1.82, 2.24) is 20.1 Å². The van der Waals surface area contributed by atoms with Crippen molar-refractivity contribution in [2.75, 3.05) is 30.4 Å². The fourth-order valence-electron chi connectivity index (χ4n) is 3.58. The molecule has 26 heavy (non-hydrogen) atoms. The highest BCUT2D eigenvalue weighted by Crippen LogP contribution is 2.33. The van der Waals surface area contributed by atoms with E-state index in [1.807, 2.05) is 42.8 Å². The summed E-state index contributed by atoms with van der Waals surface area (Å²) in [7, 11) is 1.88. The van der Waals surface area contributed by atoms with Crippen LogP contribution < -0.4 is 10.2 Å². The smallest absolute Gasteiger partial charge is 0.253 e. The molecule has 4 rings (SSSR count). The van der Waals surface area contributed by atoms with Crippen LogP contribution in [0.2, 0.25) is 0 Å². The van der Waals surface area contributed by atoms with Gasteiger partial charge in [-0.05, 0) is 38.5 Å². The quantitative estimate of drug-likeness (QED) is 0.853. The molecule has 2 aliphatic heterocycles. The van der Waals surface area contributed by atoms with Crippen LogP contribution in [-0.2, 0) is 4.79 Å². The summed E-state index contributed by atoms with van der Waals surface area (Å²) in [5.41, 5.74) is 2.18. The summed E-state index contributed by atoms with van der Waals surface area (Å²) in [5.74, 6) is 1.62. The Balaban J connectivity index is 1.52. The van der Waals surface area contributed by atoms with E-state index in [0.29, 0.717) is 24.3 Å². The Hall–Kier alpha value is -2.90. The minimum absolute atomic E-state index is 0.0296. The molecule has 2 N–H and O–H groups in total. The van der Waals surface area contributed by atoms with Gasteiger partial charge >= 0.3 is 0 Å². The van der Waals surface area contributed by atoms with Crippen LogP contribution in [0.1, 0.15) is 41.3 Å². The molecule has 3 heterocycles. The summed E-state index contributed by atoms with van der Waals surface area (Å²) in [6.45, 7) is 5.01. The van der Waals surface area contributed by atoms with Crippen LogP contribution in [0.3, 0.4) is 0 Å². The van der Waals surface area contributed by atoms with Gasteiger partial charge < -0.3 is 15.1 Å². The number of hydrogen-bond acceptors (Lipinski definition) is 5. The van der Waals surface area contributed by atoms with Gasteiger partial charge in [0, 0.05) is 31.6 Å². The van der Waals surface area contributed by atoms with Gasteiger partial charge in [-0.2, -0.15) is 5.10 Å². The minimum Gasteiger partial charge on any atom is -0.361 e. The van der Waals surface area contributed by atoms with Crippen LogP contribution in [0.25, 0.3) is 0 Å². The van der Waals surface area contributed by atoms with Crippen molar-refractivity contribution in [2.24, 2.45) is 0 Å². The fourth-order valence-corrected chi connectivity index (χ4v) is 3.58. The maximum absolute atomic E-state index is 12.9. The van der Waals surface area contributed by atoms with Crippen molar-refractivity contribution in [1.29, 1.82) is 0 Å². The van der Waals surface area contributed by atoms with Gasteiger partial charge in [-0.25, -0.2) is 4.98 Å². The first-order chi connectivity index (χ1) is 12.4. The Bertz CT molecular complexity index is 876. The van der Waals surface area contributed by atoms with Crippen molar-refractivity contribution < 1.29 is 9.59 Å². The van der Waals surface area contributed by atoms with Crippen LogP contribution in [-0.4, -0.2) is 58.1 Å². The summed E-state index contributed by atoms with van der Waals surface area (Å²) in [6.07, 6.45) is 0.852. The van der Waals surface area contributed by atoms with Gasteiger partial charge in [0.2, 0.25) is 5.91 Å². The maximum atomic E-state index is 12.9. The molecule has 2 amide bonds. The molecule has 2 atom stereocenters. The molecule has 0 spiro atoms. The SMILES string of the molecule is Cc1nc(C2CCN(C(=O)c3ccc4c(c3)NC(=O)C(C)N4C)C2)n[nH]1. The number of aryl methyl sites for hydroxylation is 1. The molecule has 0 bridgehead atoms. The Morgan fingerprint density at radius 3 is 2.88 bits per heavy atom. The van der Waals surface area contributed by atoms with E-state index in [1.165, 1.54) is 0 Å². The number of H-pyrrole nitrogens is 1. The average Bonchev–Trinajstić information content (AvgIpc) is 3.27. The lowest BCUT2D eigenvalue weighted by atomic mass is 10.1. The number of anilines is 2. The molecule has 1 aromatic carbocycles. The third-order valence-corrected chi connectivity index (χ3v) is 5.30. The second-order valence-corrected chi connectivity index (χ2v) is 7.02. The highest BCUT2D eigenvalue weighted by Gasteiger charge is 2.32. The summed E-state index contributed by atoms with van der Waals surface area (Å²) >= 11 is 0. The van der Waals surface area contributed by atoms with Crippen LogP contribution in [0.4, 0.5) is 11.4 Å². The monoisotopic (exact) mass is 354 g/mol. The maximum Gasteiger partial charge on any atom is 0.253 e. The van der Waals surface area contributed by atoms with E-state index in [-0.39, 0.29) is 23.8 Å². The van der Waals surface area contributed by atoms with Crippen molar-refractivity contribution in [3.05, 3.63) is 35.4 Å². The molecule has 1 fully saturated rings. The van der Waals surface area contributed by atoms with Crippen LogP contribution in [0, 0.1) is 6.92 Å². The number of aromatic nitrogens is 3. The van der Waals surface area contributed by atoms with Crippen LogP contribution in [0.5, 0.6) is 0 Å². The molecule has 0 radical (unpaired) electrons. The van der Waals surface area contributed by atoms with Crippen molar-refractivity contribution in [2.45, 2.75) is 32.2 Å². The summed E-state index contributed by atoms with van der Waals surface area (Å²) in [5, 5.41) is 9.96. The Morgan fingerprint density at radius 2 is 2.15 bits per heavy atom. The zero-order valence-corrected chi connectivity index (χ0v) is 15.1. The van der Waals surface area contributed by atoms with E-state index in [4.69, 9.17) is 0 Å². The predicted molar refractivity (Wildman–Crippen MR) is 97.3 cm³/mol. The van der Waals surface area contributed by atoms with E-state index in [2.05, 4.69) is 20.5 Å². The number of carbonyl (C=O) groups excluding carboxylic acids is 2. The lowest BCUT2D eigenvalue weighted by Gasteiger charge is -2.33. The normalized spacial score (nSPS) is 22.3. The summed E-state index contributed by atoms with van der Waals surface area (Å²) < 4.78 is 0. The standard InChI is InChI=1S/C18H22N6O2/c1-10-17(25)20-14-8-12(4-5-15(14)23(10)3)18(26)24-7-6-13(9-24)16-19-11(2)21-22-16/h4-5,8,10,13H,6-7,9H2,1-3H3,(H,20,25)(H,19,21,22). The molecule has 2 aliphatic rings. The number of likely N-dealkylation sites (N-methyl/N-ethyl adjacent to an activating group) is 1. The third-order valence-electron chi connectivity index (χ3n) is 5.30. The Morgan fingerprint density at radius 1 is 1.35 bits per heavy atom.